The Morgan fingerprint density at radius 2 is 2.18 bits per heavy atom. The topological polar surface area (TPSA) is 117 Å². The highest BCUT2D eigenvalue weighted by Gasteiger charge is 2.56. The molecule has 1 unspecified atom stereocenters. The molecule has 2 rings (SSSR count). The number of aliphatic hydroxyl groups excluding tert-OH is 1. The molecule has 4 atom stereocenters. The average molecular weight is 420 g/mol. The van der Waals surface area contributed by atoms with E-state index in [9.17, 15) is 19.1 Å². The molecule has 158 valence electrons. The van der Waals surface area contributed by atoms with Gasteiger partial charge in [0.25, 0.3) is 0 Å². The fourth-order valence-electron chi connectivity index (χ4n) is 3.07. The second kappa shape index (κ2) is 10.2. The zero-order valence-electron chi connectivity index (χ0n) is 15.9. The third kappa shape index (κ3) is 5.21. The number of carbonyl (C=O) groups excluding carboxylic acids is 1. The second-order valence-corrected chi connectivity index (χ2v) is 7.23. The van der Waals surface area contributed by atoms with Crippen molar-refractivity contribution in [2.45, 2.75) is 69.6 Å². The molecule has 10 heteroatoms. The van der Waals surface area contributed by atoms with Crippen molar-refractivity contribution in [1.82, 2.24) is 9.55 Å². The molecule has 0 radical (unpaired) electrons. The summed E-state index contributed by atoms with van der Waals surface area (Å²) in [7, 11) is 0. The largest absolute Gasteiger partial charge is 0.462 e. The van der Waals surface area contributed by atoms with E-state index in [0.717, 1.165) is 30.3 Å². The molecule has 0 bridgehead atoms. The number of hydrogen-bond donors (Lipinski definition) is 2. The SMILES string of the molecule is CCCCCCCC(=O)OCC1(CCl)O[C@@H](n2ccc(N)nc2=O)[C@H](F)[C@@H]1O. The Labute approximate surface area is 167 Å². The van der Waals surface area contributed by atoms with Gasteiger partial charge in [-0.25, -0.2) is 9.18 Å². The van der Waals surface area contributed by atoms with Gasteiger partial charge >= 0.3 is 11.7 Å². The van der Waals surface area contributed by atoms with E-state index in [1.54, 1.807) is 0 Å². The lowest BCUT2D eigenvalue weighted by molar-refractivity contribution is -0.162. The Morgan fingerprint density at radius 1 is 1.46 bits per heavy atom. The van der Waals surface area contributed by atoms with Crippen LogP contribution in [0.1, 0.15) is 51.7 Å². The molecule has 3 N–H and O–H groups in total. The van der Waals surface area contributed by atoms with Crippen LogP contribution < -0.4 is 11.4 Å². The Bertz CT molecular complexity index is 719. The Balaban J connectivity index is 1.99. The molecule has 0 saturated carbocycles. The van der Waals surface area contributed by atoms with Crippen LogP contribution in [0, 0.1) is 0 Å². The summed E-state index contributed by atoms with van der Waals surface area (Å²) in [5.74, 6) is -0.819. The number of rotatable bonds is 10. The molecule has 1 fully saturated rings. The summed E-state index contributed by atoms with van der Waals surface area (Å²) in [4.78, 5) is 27.4. The van der Waals surface area contributed by atoms with Crippen molar-refractivity contribution in [1.29, 1.82) is 0 Å². The van der Waals surface area contributed by atoms with Gasteiger partial charge in [-0.05, 0) is 12.5 Å². The lowest BCUT2D eigenvalue weighted by atomic mass is 9.99. The number of alkyl halides is 2. The molecule has 0 aliphatic carbocycles. The van der Waals surface area contributed by atoms with Crippen molar-refractivity contribution in [3.63, 3.8) is 0 Å². The van der Waals surface area contributed by atoms with Gasteiger partial charge in [-0.1, -0.05) is 32.6 Å². The number of nitrogens with zero attached hydrogens (tertiary/aromatic N) is 2. The minimum atomic E-state index is -1.96. The number of hydrogen-bond acceptors (Lipinski definition) is 7. The number of anilines is 1. The first kappa shape index (κ1) is 22.6. The van der Waals surface area contributed by atoms with Crippen molar-refractivity contribution < 1.29 is 23.8 Å². The lowest BCUT2D eigenvalue weighted by Crippen LogP contribution is -2.48. The van der Waals surface area contributed by atoms with Crippen LogP contribution in [0.2, 0.25) is 0 Å². The van der Waals surface area contributed by atoms with E-state index in [1.165, 1.54) is 12.3 Å². The van der Waals surface area contributed by atoms with E-state index in [0.29, 0.717) is 6.42 Å². The number of aliphatic hydroxyl groups is 1. The highest BCUT2D eigenvalue weighted by molar-refractivity contribution is 6.18. The van der Waals surface area contributed by atoms with Crippen LogP contribution in [0.3, 0.4) is 0 Å². The maximum absolute atomic E-state index is 14.7. The van der Waals surface area contributed by atoms with Crippen molar-refractivity contribution >= 4 is 23.4 Å². The van der Waals surface area contributed by atoms with Gasteiger partial charge in [0.1, 0.15) is 24.1 Å². The fraction of sp³-hybridized carbons (Fsp3) is 0.722. The standard InChI is InChI=1S/C18H27ClFN3O5/c1-2-3-4-5-6-7-13(24)27-11-18(10-19)15(25)14(20)16(28-18)23-9-8-12(21)22-17(23)26/h8-9,14-16,25H,2-7,10-11H2,1H3,(H2,21,22,26)/t14-,15+,16-,18?/m1/s1. The third-order valence-corrected chi connectivity index (χ3v) is 5.23. The maximum Gasteiger partial charge on any atom is 0.351 e. The fourth-order valence-corrected chi connectivity index (χ4v) is 3.37. The zero-order valence-corrected chi connectivity index (χ0v) is 16.6. The van der Waals surface area contributed by atoms with Gasteiger partial charge < -0.3 is 20.3 Å². The van der Waals surface area contributed by atoms with Crippen molar-refractivity contribution in [3.8, 4) is 0 Å². The van der Waals surface area contributed by atoms with Crippen molar-refractivity contribution in [2.24, 2.45) is 0 Å². The molecular formula is C18H27ClFN3O5. The molecule has 0 aromatic carbocycles. The second-order valence-electron chi connectivity index (χ2n) is 6.96. The predicted octanol–water partition coefficient (Wildman–Crippen LogP) is 1.93. The summed E-state index contributed by atoms with van der Waals surface area (Å²) < 4.78 is 26.3. The Morgan fingerprint density at radius 3 is 2.82 bits per heavy atom. The van der Waals surface area contributed by atoms with Gasteiger partial charge in [0.2, 0.25) is 0 Å². The molecule has 1 aliphatic heterocycles. The number of carbonyl (C=O) groups is 1. The van der Waals surface area contributed by atoms with Gasteiger partial charge in [-0.3, -0.25) is 9.36 Å². The minimum Gasteiger partial charge on any atom is -0.462 e. The number of unbranched alkanes of at least 4 members (excludes halogenated alkanes) is 4. The summed E-state index contributed by atoms with van der Waals surface area (Å²) in [6.07, 6.45) is 1.23. The van der Waals surface area contributed by atoms with E-state index < -0.39 is 42.4 Å². The summed E-state index contributed by atoms with van der Waals surface area (Å²) in [6, 6.07) is 1.31. The molecule has 1 aromatic rings. The Kier molecular flexibility index (Phi) is 8.21. The van der Waals surface area contributed by atoms with Crippen LogP contribution in [-0.2, 0) is 14.3 Å². The van der Waals surface area contributed by atoms with Gasteiger partial charge in [0.15, 0.2) is 12.4 Å². The van der Waals surface area contributed by atoms with E-state index in [1.807, 2.05) is 0 Å². The quantitative estimate of drug-likeness (QED) is 0.338. The van der Waals surface area contributed by atoms with Crippen LogP contribution in [0.5, 0.6) is 0 Å². The third-order valence-electron chi connectivity index (χ3n) is 4.78. The normalized spacial score (nSPS) is 27.1. The first-order valence-electron chi connectivity index (χ1n) is 9.41. The molecule has 1 saturated heterocycles. The number of halogens is 2. The lowest BCUT2D eigenvalue weighted by Gasteiger charge is -2.29. The monoisotopic (exact) mass is 419 g/mol. The number of nitrogens with two attached hydrogens (primary N) is 1. The highest BCUT2D eigenvalue weighted by atomic mass is 35.5. The van der Waals surface area contributed by atoms with Crippen molar-refractivity contribution in [2.75, 3.05) is 18.2 Å². The number of aromatic nitrogens is 2. The van der Waals surface area contributed by atoms with Gasteiger partial charge in [0.05, 0.1) is 5.88 Å². The first-order valence-corrected chi connectivity index (χ1v) is 9.94. The summed E-state index contributed by atoms with van der Waals surface area (Å²) in [5, 5.41) is 10.3. The first-order chi connectivity index (χ1) is 13.3. The molecule has 0 amide bonds. The summed E-state index contributed by atoms with van der Waals surface area (Å²) in [6.45, 7) is 1.69. The van der Waals surface area contributed by atoms with Crippen molar-refractivity contribution in [3.05, 3.63) is 22.7 Å². The zero-order chi connectivity index (χ0) is 20.7. The van der Waals surface area contributed by atoms with Gasteiger partial charge in [0, 0.05) is 12.6 Å². The summed E-state index contributed by atoms with van der Waals surface area (Å²) >= 11 is 5.92. The molecule has 2 heterocycles. The van der Waals surface area contributed by atoms with Crippen LogP contribution in [-0.4, -0.2) is 51.0 Å². The highest BCUT2D eigenvalue weighted by Crippen LogP contribution is 2.39. The number of ether oxygens (including phenoxy) is 2. The van der Waals surface area contributed by atoms with E-state index >= 15 is 0 Å². The van der Waals surface area contributed by atoms with Crippen LogP contribution in [0.15, 0.2) is 17.1 Å². The molecular weight excluding hydrogens is 393 g/mol. The molecule has 28 heavy (non-hydrogen) atoms. The molecule has 1 aromatic heterocycles. The number of nitrogen functional groups attached to an aromatic ring is 1. The maximum atomic E-state index is 14.7. The minimum absolute atomic E-state index is 0.0216. The van der Waals surface area contributed by atoms with Crippen LogP contribution in [0.4, 0.5) is 10.2 Å². The van der Waals surface area contributed by atoms with Gasteiger partial charge in [-0.15, -0.1) is 11.6 Å². The average Bonchev–Trinajstić information content (AvgIpc) is 2.92. The summed E-state index contributed by atoms with van der Waals surface area (Å²) in [5.41, 5.74) is 2.94. The molecule has 8 nitrogen and oxygen atoms in total. The number of esters is 1. The van der Waals surface area contributed by atoms with Crippen LogP contribution in [0.25, 0.3) is 0 Å². The van der Waals surface area contributed by atoms with Gasteiger partial charge in [-0.2, -0.15) is 4.98 Å². The van der Waals surface area contributed by atoms with E-state index in [2.05, 4.69) is 11.9 Å². The Hall–Kier alpha value is -1.71. The molecule has 0 spiro atoms. The van der Waals surface area contributed by atoms with Crippen LogP contribution >= 0.6 is 11.6 Å². The smallest absolute Gasteiger partial charge is 0.351 e. The predicted molar refractivity (Wildman–Crippen MR) is 102 cm³/mol. The van der Waals surface area contributed by atoms with E-state index in [4.69, 9.17) is 26.8 Å². The molecule has 1 aliphatic rings. The van der Waals surface area contributed by atoms with E-state index in [-0.39, 0.29) is 18.1 Å².